The number of aromatic nitrogens is 3. The van der Waals surface area contributed by atoms with Gasteiger partial charge in [-0.15, -0.1) is 0 Å². The summed E-state index contributed by atoms with van der Waals surface area (Å²) in [5.74, 6) is 0.634. The van der Waals surface area contributed by atoms with Crippen LogP contribution in [-0.4, -0.2) is 50.3 Å². The van der Waals surface area contributed by atoms with Gasteiger partial charge in [0.2, 0.25) is 0 Å². The summed E-state index contributed by atoms with van der Waals surface area (Å²) < 4.78 is 0. The fourth-order valence-electron chi connectivity index (χ4n) is 4.96. The molecule has 3 aromatic rings. The maximum atomic E-state index is 12.8. The molecular formula is C24H27N5O. The molecule has 2 aliphatic rings. The van der Waals surface area contributed by atoms with Crippen LogP contribution in [0.3, 0.4) is 0 Å². The van der Waals surface area contributed by atoms with E-state index in [0.29, 0.717) is 5.92 Å². The average molecular weight is 402 g/mol. The molecule has 4 heterocycles. The number of fused-ring (bicyclic) bond motifs is 1. The first-order chi connectivity index (χ1) is 14.8. The minimum atomic E-state index is 0.144. The largest absolute Gasteiger partial charge is 0.348 e. The zero-order valence-electron chi connectivity index (χ0n) is 17.1. The predicted molar refractivity (Wildman–Crippen MR) is 115 cm³/mol. The second-order valence-corrected chi connectivity index (χ2v) is 8.29. The number of nitrogens with zero attached hydrogens (tertiary/aromatic N) is 4. The van der Waals surface area contributed by atoms with Gasteiger partial charge in [-0.05, 0) is 42.5 Å². The van der Waals surface area contributed by atoms with Crippen molar-refractivity contribution in [2.24, 2.45) is 5.92 Å². The highest BCUT2D eigenvalue weighted by Gasteiger charge is 2.37. The molecule has 2 aromatic heterocycles. The molecule has 0 bridgehead atoms. The van der Waals surface area contributed by atoms with Crippen LogP contribution in [0.25, 0.3) is 0 Å². The Bertz CT molecular complexity index is 979. The molecule has 0 unspecified atom stereocenters. The van der Waals surface area contributed by atoms with E-state index in [1.54, 1.807) is 0 Å². The van der Waals surface area contributed by atoms with E-state index < -0.39 is 0 Å². The van der Waals surface area contributed by atoms with Crippen molar-refractivity contribution >= 4 is 5.91 Å². The van der Waals surface area contributed by atoms with E-state index in [0.717, 1.165) is 51.0 Å². The van der Waals surface area contributed by atoms with Gasteiger partial charge in [-0.2, -0.15) is 0 Å². The maximum absolute atomic E-state index is 12.8. The summed E-state index contributed by atoms with van der Waals surface area (Å²) in [6.45, 7) is 3.50. The van der Waals surface area contributed by atoms with Crippen LogP contribution in [0.15, 0.2) is 61.2 Å². The quantitative estimate of drug-likeness (QED) is 0.727. The summed E-state index contributed by atoms with van der Waals surface area (Å²) >= 11 is 0. The third-order valence-corrected chi connectivity index (χ3v) is 6.48. The van der Waals surface area contributed by atoms with Crippen LogP contribution in [0.1, 0.15) is 46.2 Å². The van der Waals surface area contributed by atoms with Gasteiger partial charge < -0.3 is 9.88 Å². The molecule has 6 heteroatoms. The molecule has 6 nitrogen and oxygen atoms in total. The fraction of sp³-hybridized carbons (Fsp3) is 0.375. The summed E-state index contributed by atoms with van der Waals surface area (Å²) in [6, 6.07) is 14.0. The first-order valence-corrected chi connectivity index (χ1v) is 10.8. The van der Waals surface area contributed by atoms with Gasteiger partial charge in [0, 0.05) is 56.3 Å². The number of hydrogen-bond acceptors (Lipinski definition) is 4. The number of hydrogen-bond donors (Lipinski definition) is 1. The van der Waals surface area contributed by atoms with E-state index in [2.05, 4.69) is 20.9 Å². The monoisotopic (exact) mass is 401 g/mol. The van der Waals surface area contributed by atoms with Crippen LogP contribution in [0.4, 0.5) is 0 Å². The Kier molecular flexibility index (Phi) is 5.32. The molecule has 0 radical (unpaired) electrons. The number of aromatic amines is 1. The summed E-state index contributed by atoms with van der Waals surface area (Å²) in [6.07, 6.45) is 8.61. The van der Waals surface area contributed by atoms with Crippen molar-refractivity contribution in [2.75, 3.05) is 19.6 Å². The Morgan fingerprint density at radius 1 is 1.07 bits per heavy atom. The molecule has 1 aromatic carbocycles. The van der Waals surface area contributed by atoms with Crippen molar-refractivity contribution in [1.29, 1.82) is 0 Å². The molecule has 2 aliphatic heterocycles. The van der Waals surface area contributed by atoms with Crippen LogP contribution in [0.5, 0.6) is 0 Å². The molecule has 1 N–H and O–H groups in total. The van der Waals surface area contributed by atoms with Crippen LogP contribution in [0, 0.1) is 5.92 Å². The minimum absolute atomic E-state index is 0.144. The molecule has 1 saturated heterocycles. The van der Waals surface area contributed by atoms with Crippen LogP contribution >= 0.6 is 0 Å². The smallest absolute Gasteiger partial charge is 0.253 e. The van der Waals surface area contributed by atoms with Gasteiger partial charge in [-0.3, -0.25) is 14.7 Å². The van der Waals surface area contributed by atoms with Gasteiger partial charge in [0.15, 0.2) is 0 Å². The number of rotatable bonds is 4. The molecule has 0 spiro atoms. The van der Waals surface area contributed by atoms with E-state index in [1.807, 2.05) is 60.0 Å². The Balaban J connectivity index is 1.32. The third-order valence-electron chi connectivity index (χ3n) is 6.48. The van der Waals surface area contributed by atoms with Gasteiger partial charge in [0.25, 0.3) is 5.91 Å². The van der Waals surface area contributed by atoms with Gasteiger partial charge in [0.1, 0.15) is 0 Å². The molecule has 0 aliphatic carbocycles. The summed E-state index contributed by atoms with van der Waals surface area (Å²) in [5.41, 5.74) is 4.47. The zero-order valence-corrected chi connectivity index (χ0v) is 17.1. The number of carbonyl (C=O) groups is 1. The van der Waals surface area contributed by atoms with Crippen molar-refractivity contribution in [3.63, 3.8) is 0 Å². The number of pyridine rings is 1. The highest BCUT2D eigenvalue weighted by Crippen LogP contribution is 2.39. The lowest BCUT2D eigenvalue weighted by molar-refractivity contribution is 0.0529. The lowest BCUT2D eigenvalue weighted by Gasteiger charge is -2.43. The average Bonchev–Trinajstić information content (AvgIpc) is 3.29. The first kappa shape index (κ1) is 19.0. The van der Waals surface area contributed by atoms with Crippen molar-refractivity contribution in [2.45, 2.75) is 31.8 Å². The van der Waals surface area contributed by atoms with Crippen LogP contribution < -0.4 is 0 Å². The van der Waals surface area contributed by atoms with Crippen molar-refractivity contribution in [3.05, 3.63) is 83.7 Å². The number of likely N-dealkylation sites (tertiary alicyclic amines) is 1. The third kappa shape index (κ3) is 3.75. The molecule has 1 atom stereocenters. The van der Waals surface area contributed by atoms with Crippen molar-refractivity contribution in [3.8, 4) is 0 Å². The second-order valence-electron chi connectivity index (χ2n) is 8.29. The van der Waals surface area contributed by atoms with Crippen molar-refractivity contribution < 1.29 is 4.79 Å². The van der Waals surface area contributed by atoms with E-state index in [-0.39, 0.29) is 11.9 Å². The Morgan fingerprint density at radius 2 is 1.90 bits per heavy atom. The summed E-state index contributed by atoms with van der Waals surface area (Å²) in [5, 5.41) is 0. The number of imidazole rings is 1. The standard InChI is InChI=1S/C24H27N5O/c30-24(20-6-2-1-3-7-20)28-12-8-19(9-13-28)23-22-21(26-17-27-22)10-14-29(23)16-18-5-4-11-25-15-18/h1-7,11,15,17,19,23H,8-10,12-14,16H2,(H,26,27)/t23-/m0/s1. The lowest BCUT2D eigenvalue weighted by Crippen LogP contribution is -2.45. The number of carbonyl (C=O) groups excluding carboxylic acids is 1. The van der Waals surface area contributed by atoms with E-state index >= 15 is 0 Å². The fourth-order valence-corrected chi connectivity index (χ4v) is 4.96. The molecule has 1 amide bonds. The number of piperidine rings is 1. The van der Waals surface area contributed by atoms with Gasteiger partial charge >= 0.3 is 0 Å². The van der Waals surface area contributed by atoms with Gasteiger partial charge in [-0.25, -0.2) is 4.98 Å². The highest BCUT2D eigenvalue weighted by molar-refractivity contribution is 5.94. The Labute approximate surface area is 177 Å². The molecule has 0 saturated carbocycles. The van der Waals surface area contributed by atoms with Crippen molar-refractivity contribution in [1.82, 2.24) is 24.8 Å². The number of amides is 1. The zero-order chi connectivity index (χ0) is 20.3. The first-order valence-electron chi connectivity index (χ1n) is 10.8. The number of H-pyrrole nitrogens is 1. The van der Waals surface area contributed by atoms with Gasteiger partial charge in [0.05, 0.1) is 18.1 Å². The van der Waals surface area contributed by atoms with Crippen LogP contribution in [-0.2, 0) is 13.0 Å². The van der Waals surface area contributed by atoms with E-state index in [9.17, 15) is 4.79 Å². The summed E-state index contributed by atoms with van der Waals surface area (Å²) in [4.78, 5) is 29.7. The SMILES string of the molecule is O=C(c1ccccc1)N1CCC([C@H]2c3nc[nH]c3CCN2Cc2cccnc2)CC1. The van der Waals surface area contributed by atoms with Crippen LogP contribution in [0.2, 0.25) is 0 Å². The van der Waals surface area contributed by atoms with E-state index in [4.69, 9.17) is 4.98 Å². The molecular weight excluding hydrogens is 374 g/mol. The molecule has 5 rings (SSSR count). The number of nitrogens with one attached hydrogen (secondary N) is 1. The molecule has 1 fully saturated rings. The second kappa shape index (κ2) is 8.40. The minimum Gasteiger partial charge on any atom is -0.348 e. The summed E-state index contributed by atoms with van der Waals surface area (Å²) in [7, 11) is 0. The highest BCUT2D eigenvalue weighted by atomic mass is 16.2. The molecule has 30 heavy (non-hydrogen) atoms. The Hall–Kier alpha value is -2.99. The van der Waals surface area contributed by atoms with E-state index in [1.165, 1.54) is 17.0 Å². The topological polar surface area (TPSA) is 65.1 Å². The molecule has 154 valence electrons. The normalized spacial score (nSPS) is 20.1. The van der Waals surface area contributed by atoms with Gasteiger partial charge in [-0.1, -0.05) is 24.3 Å². The predicted octanol–water partition coefficient (Wildman–Crippen LogP) is 3.46. The number of benzene rings is 1. The lowest BCUT2D eigenvalue weighted by atomic mass is 9.83. The Morgan fingerprint density at radius 3 is 2.67 bits per heavy atom. The maximum Gasteiger partial charge on any atom is 0.253 e.